The minimum absolute atomic E-state index is 0.0506. The van der Waals surface area contributed by atoms with Crippen LogP contribution in [0.25, 0.3) is 0 Å². The average Bonchev–Trinajstić information content (AvgIpc) is 2.74. The number of hydrogen-bond acceptors (Lipinski definition) is 5. The van der Waals surface area contributed by atoms with Crippen LogP contribution in [0.1, 0.15) is 27.2 Å². The van der Waals surface area contributed by atoms with Gasteiger partial charge in [0.1, 0.15) is 11.4 Å². The van der Waals surface area contributed by atoms with E-state index in [-0.39, 0.29) is 24.3 Å². The highest BCUT2D eigenvalue weighted by Gasteiger charge is 2.32. The van der Waals surface area contributed by atoms with Crippen molar-refractivity contribution in [3.63, 3.8) is 0 Å². The Morgan fingerprint density at radius 1 is 1.12 bits per heavy atom. The number of alkyl halides is 3. The fraction of sp³-hybridized carbons (Fsp3) is 0.143. The SMILES string of the molecule is N#Cc1ccc(Cn2c(=O)cc(C(=O)NCc3ccccc3OC(F)(F)F)[nH]c2=O)cc1. The van der Waals surface area contributed by atoms with Gasteiger partial charge >= 0.3 is 12.1 Å². The number of H-pyrrole nitrogens is 1. The van der Waals surface area contributed by atoms with Crippen LogP contribution in [0, 0.1) is 11.3 Å². The summed E-state index contributed by atoms with van der Waals surface area (Å²) in [7, 11) is 0. The molecule has 11 heteroatoms. The third kappa shape index (κ3) is 5.63. The molecule has 1 amide bonds. The molecule has 0 saturated carbocycles. The number of ether oxygens (including phenoxy) is 1. The van der Waals surface area contributed by atoms with Crippen LogP contribution in [0.3, 0.4) is 0 Å². The molecular formula is C21H15F3N4O4. The first-order valence-electron chi connectivity index (χ1n) is 9.11. The third-order valence-corrected chi connectivity index (χ3v) is 4.33. The van der Waals surface area contributed by atoms with E-state index in [9.17, 15) is 27.6 Å². The molecule has 1 aromatic heterocycles. The van der Waals surface area contributed by atoms with Crippen molar-refractivity contribution < 1.29 is 22.7 Å². The Bertz CT molecular complexity index is 1260. The number of carbonyl (C=O) groups is 1. The first kappa shape index (κ1) is 22.4. The summed E-state index contributed by atoms with van der Waals surface area (Å²) < 4.78 is 42.3. The van der Waals surface area contributed by atoms with E-state index in [1.165, 1.54) is 30.3 Å². The van der Waals surface area contributed by atoms with Gasteiger partial charge in [0.2, 0.25) is 0 Å². The standard InChI is InChI=1S/C21H15F3N4O4/c22-21(23,24)32-17-4-2-1-3-15(17)11-26-19(30)16-9-18(29)28(20(31)27-16)12-14-7-5-13(10-25)6-8-14/h1-9H,11-12H2,(H,26,30)(H,27,31). The summed E-state index contributed by atoms with van der Waals surface area (Å²) in [5, 5.41) is 11.2. The molecule has 2 aromatic carbocycles. The predicted octanol–water partition coefficient (Wildman–Crippen LogP) is 2.29. The maximum atomic E-state index is 12.5. The molecule has 0 radical (unpaired) electrons. The number of benzene rings is 2. The van der Waals surface area contributed by atoms with Crippen LogP contribution >= 0.6 is 0 Å². The largest absolute Gasteiger partial charge is 0.573 e. The Kier molecular flexibility index (Phi) is 6.44. The lowest BCUT2D eigenvalue weighted by Gasteiger charge is -2.13. The molecule has 164 valence electrons. The smallest absolute Gasteiger partial charge is 0.405 e. The minimum atomic E-state index is -4.90. The number of hydrogen-bond donors (Lipinski definition) is 2. The normalized spacial score (nSPS) is 10.9. The van der Waals surface area contributed by atoms with E-state index in [1.807, 2.05) is 6.07 Å². The summed E-state index contributed by atoms with van der Waals surface area (Å²) in [6.07, 6.45) is -4.90. The minimum Gasteiger partial charge on any atom is -0.405 e. The molecule has 8 nitrogen and oxygen atoms in total. The van der Waals surface area contributed by atoms with E-state index in [0.717, 1.165) is 16.7 Å². The van der Waals surface area contributed by atoms with Crippen LogP contribution < -0.4 is 21.3 Å². The van der Waals surface area contributed by atoms with Gasteiger partial charge < -0.3 is 15.0 Å². The van der Waals surface area contributed by atoms with Crippen molar-refractivity contribution in [2.45, 2.75) is 19.5 Å². The molecule has 32 heavy (non-hydrogen) atoms. The summed E-state index contributed by atoms with van der Waals surface area (Å²) in [6, 6.07) is 14.4. The van der Waals surface area contributed by atoms with Gasteiger partial charge in [0.05, 0.1) is 18.2 Å². The molecule has 2 N–H and O–H groups in total. The predicted molar refractivity (Wildman–Crippen MR) is 106 cm³/mol. The topological polar surface area (TPSA) is 117 Å². The highest BCUT2D eigenvalue weighted by molar-refractivity contribution is 5.92. The van der Waals surface area contributed by atoms with E-state index < -0.39 is 29.3 Å². The zero-order valence-corrected chi connectivity index (χ0v) is 16.3. The van der Waals surface area contributed by atoms with E-state index >= 15 is 0 Å². The van der Waals surface area contributed by atoms with Gasteiger partial charge in [0.25, 0.3) is 11.5 Å². The van der Waals surface area contributed by atoms with Crippen LogP contribution in [-0.4, -0.2) is 21.8 Å². The van der Waals surface area contributed by atoms with Crippen molar-refractivity contribution >= 4 is 5.91 Å². The monoisotopic (exact) mass is 444 g/mol. The van der Waals surface area contributed by atoms with E-state index in [4.69, 9.17) is 5.26 Å². The third-order valence-electron chi connectivity index (χ3n) is 4.33. The molecule has 0 fully saturated rings. The number of nitriles is 1. The molecule has 0 saturated heterocycles. The molecule has 0 spiro atoms. The lowest BCUT2D eigenvalue weighted by molar-refractivity contribution is -0.274. The number of para-hydroxylation sites is 1. The van der Waals surface area contributed by atoms with Gasteiger partial charge in [0, 0.05) is 18.2 Å². The zero-order chi connectivity index (χ0) is 23.3. The highest BCUT2D eigenvalue weighted by atomic mass is 19.4. The van der Waals surface area contributed by atoms with Gasteiger partial charge in [-0.25, -0.2) is 4.79 Å². The molecule has 0 aliphatic rings. The van der Waals surface area contributed by atoms with Crippen molar-refractivity contribution in [2.75, 3.05) is 0 Å². The second kappa shape index (κ2) is 9.22. The van der Waals surface area contributed by atoms with E-state index in [0.29, 0.717) is 11.1 Å². The van der Waals surface area contributed by atoms with Crippen molar-refractivity contribution in [3.05, 3.63) is 97.8 Å². The average molecular weight is 444 g/mol. The Morgan fingerprint density at radius 3 is 2.44 bits per heavy atom. The number of halogens is 3. The first-order chi connectivity index (χ1) is 15.2. The lowest BCUT2D eigenvalue weighted by atomic mass is 10.1. The van der Waals surface area contributed by atoms with Crippen LogP contribution in [0.2, 0.25) is 0 Å². The fourth-order valence-electron chi connectivity index (χ4n) is 2.80. The summed E-state index contributed by atoms with van der Waals surface area (Å²) >= 11 is 0. The molecule has 1 heterocycles. The van der Waals surface area contributed by atoms with Gasteiger partial charge in [0.15, 0.2) is 0 Å². The summed E-state index contributed by atoms with van der Waals surface area (Å²) in [5.41, 5.74) is -0.865. The summed E-state index contributed by atoms with van der Waals surface area (Å²) in [4.78, 5) is 39.3. The van der Waals surface area contributed by atoms with Gasteiger partial charge in [-0.05, 0) is 23.8 Å². The number of aromatic nitrogens is 2. The molecule has 3 rings (SSSR count). The first-order valence-corrected chi connectivity index (χ1v) is 9.11. The van der Waals surface area contributed by atoms with Crippen LogP contribution in [-0.2, 0) is 13.1 Å². The van der Waals surface area contributed by atoms with Crippen LogP contribution in [0.15, 0.2) is 64.2 Å². The van der Waals surface area contributed by atoms with Crippen LogP contribution in [0.4, 0.5) is 13.2 Å². The number of nitrogens with zero attached hydrogens (tertiary/aromatic N) is 2. The molecular weight excluding hydrogens is 429 g/mol. The van der Waals surface area contributed by atoms with Gasteiger partial charge in [-0.2, -0.15) is 5.26 Å². The number of rotatable bonds is 6. The van der Waals surface area contributed by atoms with Crippen LogP contribution in [0.5, 0.6) is 5.75 Å². The second-order valence-electron chi connectivity index (χ2n) is 6.56. The Balaban J connectivity index is 1.74. The number of carbonyl (C=O) groups excluding carboxylic acids is 1. The molecule has 0 atom stereocenters. The molecule has 0 aliphatic heterocycles. The Morgan fingerprint density at radius 2 is 1.81 bits per heavy atom. The van der Waals surface area contributed by atoms with Crippen molar-refractivity contribution in [2.24, 2.45) is 0 Å². The van der Waals surface area contributed by atoms with Gasteiger partial charge in [-0.15, -0.1) is 13.2 Å². The highest BCUT2D eigenvalue weighted by Crippen LogP contribution is 2.26. The number of amides is 1. The quantitative estimate of drug-likeness (QED) is 0.605. The molecule has 0 aliphatic carbocycles. The number of nitrogens with one attached hydrogen (secondary N) is 2. The van der Waals surface area contributed by atoms with Gasteiger partial charge in [-0.1, -0.05) is 30.3 Å². The van der Waals surface area contributed by atoms with Crippen molar-refractivity contribution in [1.29, 1.82) is 5.26 Å². The lowest BCUT2D eigenvalue weighted by Crippen LogP contribution is -2.38. The molecule has 0 unspecified atom stereocenters. The summed E-state index contributed by atoms with van der Waals surface area (Å²) in [6.45, 7) is -0.411. The number of aromatic amines is 1. The molecule has 3 aromatic rings. The Labute approximate surface area is 178 Å². The second-order valence-corrected chi connectivity index (χ2v) is 6.56. The Hall–Kier alpha value is -4.33. The van der Waals surface area contributed by atoms with Gasteiger partial charge in [-0.3, -0.25) is 14.2 Å². The van der Waals surface area contributed by atoms with Crippen molar-refractivity contribution in [3.8, 4) is 11.8 Å². The zero-order valence-electron chi connectivity index (χ0n) is 16.3. The van der Waals surface area contributed by atoms with Crippen molar-refractivity contribution in [1.82, 2.24) is 14.9 Å². The maximum absolute atomic E-state index is 12.5. The molecule has 0 bridgehead atoms. The fourth-order valence-corrected chi connectivity index (χ4v) is 2.80. The van der Waals surface area contributed by atoms with E-state index in [2.05, 4.69) is 15.0 Å². The maximum Gasteiger partial charge on any atom is 0.573 e. The van der Waals surface area contributed by atoms with E-state index in [1.54, 1.807) is 12.1 Å². The summed E-state index contributed by atoms with van der Waals surface area (Å²) in [5.74, 6) is -1.34.